The van der Waals surface area contributed by atoms with Crippen molar-refractivity contribution in [3.8, 4) is 11.4 Å². The van der Waals surface area contributed by atoms with Gasteiger partial charge in [-0.25, -0.2) is 9.97 Å². The zero-order valence-electron chi connectivity index (χ0n) is 14.6. The third kappa shape index (κ3) is 3.63. The second kappa shape index (κ2) is 7.11. The first-order valence-electron chi connectivity index (χ1n) is 8.65. The summed E-state index contributed by atoms with van der Waals surface area (Å²) >= 11 is 0. The van der Waals surface area contributed by atoms with Crippen LogP contribution in [0.2, 0.25) is 0 Å². The average molecular weight is 327 g/mol. The smallest absolute Gasteiger partial charge is 0.219 e. The Morgan fingerprint density at radius 3 is 2.96 bits per heavy atom. The largest absolute Gasteiger partial charge is 0.343 e. The highest BCUT2D eigenvalue weighted by Crippen LogP contribution is 2.23. The Bertz CT molecular complexity index is 709. The van der Waals surface area contributed by atoms with Crippen LogP contribution >= 0.6 is 0 Å². The topological polar surface area (TPSA) is 63.9 Å². The Morgan fingerprint density at radius 2 is 2.21 bits per heavy atom. The molecule has 0 N–H and O–H groups in total. The van der Waals surface area contributed by atoms with Crippen molar-refractivity contribution >= 4 is 5.91 Å². The molecular formula is C18H25N5O. The molecule has 1 saturated heterocycles. The maximum Gasteiger partial charge on any atom is 0.219 e. The van der Waals surface area contributed by atoms with E-state index in [1.807, 2.05) is 21.8 Å². The summed E-state index contributed by atoms with van der Waals surface area (Å²) in [6.45, 7) is 7.58. The highest BCUT2D eigenvalue weighted by atomic mass is 16.2. The van der Waals surface area contributed by atoms with E-state index in [4.69, 9.17) is 0 Å². The first-order valence-corrected chi connectivity index (χ1v) is 8.65. The maximum absolute atomic E-state index is 11.6. The monoisotopic (exact) mass is 327 g/mol. The summed E-state index contributed by atoms with van der Waals surface area (Å²) in [6.07, 6.45) is 6.54. The van der Waals surface area contributed by atoms with Gasteiger partial charge in [-0.15, -0.1) is 0 Å². The molecule has 3 rings (SSSR count). The molecular weight excluding hydrogens is 302 g/mol. The normalized spacial score (nSPS) is 18.2. The number of nitrogens with zero attached hydrogens (tertiary/aromatic N) is 5. The van der Waals surface area contributed by atoms with Gasteiger partial charge in [-0.05, 0) is 51.2 Å². The van der Waals surface area contributed by atoms with Crippen LogP contribution in [-0.2, 0) is 11.2 Å². The highest BCUT2D eigenvalue weighted by molar-refractivity contribution is 5.73. The number of carbonyl (C=O) groups is 1. The lowest BCUT2D eigenvalue weighted by molar-refractivity contribution is -0.130. The number of hydrogen-bond acceptors (Lipinski definition) is 4. The van der Waals surface area contributed by atoms with Crippen molar-refractivity contribution in [2.24, 2.45) is 5.92 Å². The third-order valence-corrected chi connectivity index (χ3v) is 4.61. The number of rotatable bonds is 4. The molecule has 2 aromatic heterocycles. The number of aromatic nitrogens is 4. The summed E-state index contributed by atoms with van der Waals surface area (Å²) in [7, 11) is 0. The van der Waals surface area contributed by atoms with Gasteiger partial charge in [0.1, 0.15) is 6.33 Å². The molecule has 0 aromatic carbocycles. The molecule has 1 fully saturated rings. The van der Waals surface area contributed by atoms with Crippen LogP contribution in [0.1, 0.15) is 45.3 Å². The molecule has 0 radical (unpaired) electrons. The lowest BCUT2D eigenvalue weighted by atomic mass is 9.93. The van der Waals surface area contributed by atoms with Crippen molar-refractivity contribution in [2.75, 3.05) is 13.1 Å². The van der Waals surface area contributed by atoms with E-state index in [0.717, 1.165) is 49.4 Å². The van der Waals surface area contributed by atoms with Crippen LogP contribution in [0.4, 0.5) is 0 Å². The summed E-state index contributed by atoms with van der Waals surface area (Å²) in [4.78, 5) is 22.4. The first kappa shape index (κ1) is 16.6. The number of piperidine rings is 1. The minimum absolute atomic E-state index is 0.170. The lowest BCUT2D eigenvalue weighted by Crippen LogP contribution is -2.39. The van der Waals surface area contributed by atoms with Crippen molar-refractivity contribution in [3.05, 3.63) is 30.4 Å². The average Bonchev–Trinajstić information content (AvgIpc) is 3.05. The van der Waals surface area contributed by atoms with Gasteiger partial charge in [0.15, 0.2) is 0 Å². The number of amides is 1. The number of hydrogen-bond donors (Lipinski definition) is 0. The van der Waals surface area contributed by atoms with Crippen molar-refractivity contribution in [1.82, 2.24) is 24.6 Å². The van der Waals surface area contributed by atoms with E-state index in [-0.39, 0.29) is 11.9 Å². The van der Waals surface area contributed by atoms with Crippen molar-refractivity contribution < 1.29 is 4.79 Å². The van der Waals surface area contributed by atoms with Gasteiger partial charge >= 0.3 is 0 Å². The fourth-order valence-electron chi connectivity index (χ4n) is 3.39. The fourth-order valence-corrected chi connectivity index (χ4v) is 3.39. The molecule has 1 aliphatic rings. The Hall–Kier alpha value is -2.24. The van der Waals surface area contributed by atoms with Gasteiger partial charge in [-0.3, -0.25) is 9.48 Å². The van der Waals surface area contributed by atoms with Crippen molar-refractivity contribution in [3.63, 3.8) is 0 Å². The molecule has 1 atom stereocenters. The molecule has 0 aliphatic carbocycles. The Morgan fingerprint density at radius 1 is 1.38 bits per heavy atom. The molecule has 6 nitrogen and oxygen atoms in total. The summed E-state index contributed by atoms with van der Waals surface area (Å²) in [5.41, 5.74) is 2.96. The summed E-state index contributed by atoms with van der Waals surface area (Å²) in [5, 5.41) is 4.38. The van der Waals surface area contributed by atoms with Crippen molar-refractivity contribution in [2.45, 2.75) is 46.1 Å². The number of carbonyl (C=O) groups excluding carboxylic acids is 1. The Kier molecular flexibility index (Phi) is 4.92. The van der Waals surface area contributed by atoms with E-state index < -0.39 is 0 Å². The van der Waals surface area contributed by atoms with E-state index in [2.05, 4.69) is 35.0 Å². The van der Waals surface area contributed by atoms with E-state index in [9.17, 15) is 4.79 Å². The standard InChI is InChI=1S/C18H25N5O/c1-13(2)23-18(6-7-21-23)17-10-16(19-12-20-17)9-15-5-4-8-22(11-15)14(3)24/h6-7,10,12-13,15H,4-5,8-9,11H2,1-3H3/t15-/m1/s1. The molecule has 1 aliphatic heterocycles. The molecule has 128 valence electrons. The molecule has 0 saturated carbocycles. The Labute approximate surface area is 142 Å². The predicted octanol–water partition coefficient (Wildman–Crippen LogP) is 2.72. The SMILES string of the molecule is CC(=O)N1CCC[C@H](Cc2cc(-c3ccnn3C(C)C)ncn2)C1. The zero-order valence-corrected chi connectivity index (χ0v) is 14.6. The van der Waals surface area contributed by atoms with Crippen LogP contribution in [0.3, 0.4) is 0 Å². The van der Waals surface area contributed by atoms with E-state index in [1.165, 1.54) is 0 Å². The van der Waals surface area contributed by atoms with Gasteiger partial charge in [-0.2, -0.15) is 5.10 Å². The Balaban J connectivity index is 1.76. The first-order chi connectivity index (χ1) is 11.5. The summed E-state index contributed by atoms with van der Waals surface area (Å²) in [5.74, 6) is 0.643. The second-order valence-corrected chi connectivity index (χ2v) is 6.83. The van der Waals surface area contributed by atoms with Gasteiger partial charge in [0.2, 0.25) is 5.91 Å². The van der Waals surface area contributed by atoms with Gasteiger partial charge in [0.05, 0.1) is 11.4 Å². The summed E-state index contributed by atoms with van der Waals surface area (Å²) < 4.78 is 1.98. The molecule has 1 amide bonds. The van der Waals surface area contributed by atoms with E-state index >= 15 is 0 Å². The van der Waals surface area contributed by atoms with Crippen LogP contribution in [0.5, 0.6) is 0 Å². The lowest BCUT2D eigenvalue weighted by Gasteiger charge is -2.32. The van der Waals surface area contributed by atoms with Crippen LogP contribution in [0.25, 0.3) is 11.4 Å². The van der Waals surface area contributed by atoms with Gasteiger partial charge in [0.25, 0.3) is 0 Å². The summed E-state index contributed by atoms with van der Waals surface area (Å²) in [6, 6.07) is 4.34. The molecule has 2 aromatic rings. The maximum atomic E-state index is 11.6. The van der Waals surface area contributed by atoms with E-state index in [1.54, 1.807) is 13.3 Å². The molecule has 3 heterocycles. The molecule has 0 bridgehead atoms. The van der Waals surface area contributed by atoms with Crippen LogP contribution in [0, 0.1) is 5.92 Å². The van der Waals surface area contributed by atoms with Crippen LogP contribution in [-0.4, -0.2) is 43.6 Å². The zero-order chi connectivity index (χ0) is 17.1. The molecule has 6 heteroatoms. The molecule has 0 spiro atoms. The fraction of sp³-hybridized carbons (Fsp3) is 0.556. The van der Waals surface area contributed by atoms with Gasteiger partial charge in [0, 0.05) is 37.9 Å². The predicted molar refractivity (Wildman–Crippen MR) is 92.3 cm³/mol. The van der Waals surface area contributed by atoms with E-state index in [0.29, 0.717) is 5.92 Å². The van der Waals surface area contributed by atoms with Gasteiger partial charge in [-0.1, -0.05) is 0 Å². The highest BCUT2D eigenvalue weighted by Gasteiger charge is 2.22. The molecule has 24 heavy (non-hydrogen) atoms. The van der Waals surface area contributed by atoms with Crippen LogP contribution < -0.4 is 0 Å². The molecule has 0 unspecified atom stereocenters. The quantitative estimate of drug-likeness (QED) is 0.866. The van der Waals surface area contributed by atoms with Gasteiger partial charge < -0.3 is 4.90 Å². The number of likely N-dealkylation sites (tertiary alicyclic amines) is 1. The third-order valence-electron chi connectivity index (χ3n) is 4.61. The van der Waals surface area contributed by atoms with Crippen molar-refractivity contribution in [1.29, 1.82) is 0 Å². The van der Waals surface area contributed by atoms with Crippen LogP contribution in [0.15, 0.2) is 24.7 Å². The minimum Gasteiger partial charge on any atom is -0.343 e. The minimum atomic E-state index is 0.170. The second-order valence-electron chi connectivity index (χ2n) is 6.83.